The molecule has 2 aliphatic rings. The van der Waals surface area contributed by atoms with Crippen molar-refractivity contribution >= 4 is 21.6 Å². The number of sulfone groups is 1. The van der Waals surface area contributed by atoms with E-state index < -0.39 is 27.7 Å². The summed E-state index contributed by atoms with van der Waals surface area (Å²) in [5.41, 5.74) is 3.09. The van der Waals surface area contributed by atoms with Crippen molar-refractivity contribution in [3.63, 3.8) is 0 Å². The molecule has 2 atom stereocenters. The Morgan fingerprint density at radius 1 is 1.04 bits per heavy atom. The molecule has 0 radical (unpaired) electrons. The molecule has 2 aromatic carbocycles. The summed E-state index contributed by atoms with van der Waals surface area (Å²) < 4.78 is 38.7. The van der Waals surface area contributed by atoms with Gasteiger partial charge in [-0.2, -0.15) is 0 Å². The largest absolute Gasteiger partial charge is 0.325 e. The molecule has 0 unspecified atom stereocenters. The smallest absolute Gasteiger partial charge is 0.314 e. The Hall–Kier alpha value is -2.41. The molecule has 0 N–H and O–H groups in total. The highest BCUT2D eigenvalue weighted by atomic mass is 32.2. The van der Waals surface area contributed by atoms with Crippen molar-refractivity contribution in [1.82, 2.24) is 4.90 Å². The summed E-state index contributed by atoms with van der Waals surface area (Å²) in [6.07, 6.45) is 0. The minimum Gasteiger partial charge on any atom is -0.314 e. The van der Waals surface area contributed by atoms with E-state index in [1.54, 1.807) is 23.1 Å². The Morgan fingerprint density at radius 3 is 2.33 bits per heavy atom. The molecular weight excluding hydrogens is 367 g/mol. The average molecular weight is 388 g/mol. The number of hydrogen-bond acceptors (Lipinski definition) is 3. The molecule has 2 amide bonds. The summed E-state index contributed by atoms with van der Waals surface area (Å²) >= 11 is 0. The van der Waals surface area contributed by atoms with Crippen LogP contribution in [0.3, 0.4) is 0 Å². The van der Waals surface area contributed by atoms with Gasteiger partial charge in [0.2, 0.25) is 0 Å². The van der Waals surface area contributed by atoms with Gasteiger partial charge in [0.25, 0.3) is 0 Å². The van der Waals surface area contributed by atoms with Gasteiger partial charge in [0.1, 0.15) is 5.82 Å². The van der Waals surface area contributed by atoms with Crippen LogP contribution in [0.5, 0.6) is 0 Å². The van der Waals surface area contributed by atoms with Gasteiger partial charge >= 0.3 is 6.03 Å². The second kappa shape index (κ2) is 6.34. The van der Waals surface area contributed by atoms with Gasteiger partial charge in [-0.05, 0) is 43.2 Å². The molecule has 27 heavy (non-hydrogen) atoms. The van der Waals surface area contributed by atoms with E-state index in [2.05, 4.69) is 0 Å². The highest BCUT2D eigenvalue weighted by Crippen LogP contribution is 2.36. The fraction of sp³-hybridized carbons (Fsp3) is 0.350. The predicted molar refractivity (Wildman–Crippen MR) is 102 cm³/mol. The number of amides is 2. The fourth-order valence-electron chi connectivity index (χ4n) is 4.16. The van der Waals surface area contributed by atoms with Crippen LogP contribution in [0.15, 0.2) is 42.5 Å². The van der Waals surface area contributed by atoms with Crippen LogP contribution in [0.2, 0.25) is 0 Å². The summed E-state index contributed by atoms with van der Waals surface area (Å²) in [6.45, 7) is 3.94. The highest BCUT2D eigenvalue weighted by Gasteiger charge is 2.53. The van der Waals surface area contributed by atoms with Gasteiger partial charge in [-0.3, -0.25) is 4.90 Å². The molecule has 0 spiro atoms. The first kappa shape index (κ1) is 18.0. The van der Waals surface area contributed by atoms with Gasteiger partial charge in [-0.15, -0.1) is 0 Å². The van der Waals surface area contributed by atoms with Crippen molar-refractivity contribution in [1.29, 1.82) is 0 Å². The third kappa shape index (κ3) is 3.20. The lowest BCUT2D eigenvalue weighted by Gasteiger charge is -2.23. The number of carbonyl (C=O) groups excluding carboxylic acids is 1. The Bertz CT molecular complexity index is 1000. The number of nitrogens with zero attached hydrogens (tertiary/aromatic N) is 2. The maximum atomic E-state index is 14.1. The number of urea groups is 1. The summed E-state index contributed by atoms with van der Waals surface area (Å²) in [4.78, 5) is 16.3. The van der Waals surface area contributed by atoms with Gasteiger partial charge < -0.3 is 4.90 Å². The third-order valence-electron chi connectivity index (χ3n) is 5.26. The SMILES string of the molecule is Cc1cc(C)cc(N2C(=O)N(Cc3ccccc3F)[C@@H]3CS(=O)(=O)C[C@H]32)c1. The topological polar surface area (TPSA) is 57.7 Å². The molecule has 7 heteroatoms. The quantitative estimate of drug-likeness (QED) is 0.760. The van der Waals surface area contributed by atoms with E-state index in [0.29, 0.717) is 11.3 Å². The highest BCUT2D eigenvalue weighted by molar-refractivity contribution is 7.91. The Kier molecular flexibility index (Phi) is 4.22. The monoisotopic (exact) mass is 388 g/mol. The zero-order valence-corrected chi connectivity index (χ0v) is 16.0. The van der Waals surface area contributed by atoms with E-state index in [9.17, 15) is 17.6 Å². The molecule has 2 saturated heterocycles. The zero-order chi connectivity index (χ0) is 19.3. The summed E-state index contributed by atoms with van der Waals surface area (Å²) in [6, 6.07) is 10.9. The van der Waals surface area contributed by atoms with Gasteiger partial charge in [0.15, 0.2) is 9.84 Å². The van der Waals surface area contributed by atoms with E-state index in [1.165, 1.54) is 11.0 Å². The molecule has 0 saturated carbocycles. The molecule has 0 aromatic heterocycles. The van der Waals surface area contributed by atoms with Crippen LogP contribution in [0.1, 0.15) is 16.7 Å². The molecule has 2 heterocycles. The Morgan fingerprint density at radius 2 is 1.67 bits per heavy atom. The first-order valence-electron chi connectivity index (χ1n) is 8.87. The summed E-state index contributed by atoms with van der Waals surface area (Å²) in [5, 5.41) is 0. The van der Waals surface area contributed by atoms with E-state index in [1.807, 2.05) is 32.0 Å². The van der Waals surface area contributed by atoms with E-state index in [0.717, 1.165) is 11.1 Å². The lowest BCUT2D eigenvalue weighted by atomic mass is 10.1. The van der Waals surface area contributed by atoms with E-state index in [-0.39, 0.29) is 24.1 Å². The second-order valence-electron chi connectivity index (χ2n) is 7.43. The van der Waals surface area contributed by atoms with Crippen LogP contribution in [0.4, 0.5) is 14.9 Å². The first-order chi connectivity index (χ1) is 12.7. The van der Waals surface area contributed by atoms with Crippen LogP contribution in [-0.2, 0) is 16.4 Å². The molecule has 2 fully saturated rings. The lowest BCUT2D eigenvalue weighted by molar-refractivity contribution is 0.205. The predicted octanol–water partition coefficient (Wildman–Crippen LogP) is 3.05. The molecule has 4 rings (SSSR count). The van der Waals surface area contributed by atoms with E-state index >= 15 is 0 Å². The lowest BCUT2D eigenvalue weighted by Crippen LogP contribution is -2.37. The Labute approximate surface area is 158 Å². The first-order valence-corrected chi connectivity index (χ1v) is 10.7. The minimum atomic E-state index is -3.25. The van der Waals surface area contributed by atoms with Crippen LogP contribution in [-0.4, -0.2) is 42.9 Å². The normalized spacial score (nSPS) is 23.7. The van der Waals surface area contributed by atoms with Gasteiger partial charge in [0, 0.05) is 11.3 Å². The molecule has 142 valence electrons. The van der Waals surface area contributed by atoms with Crippen LogP contribution in [0.25, 0.3) is 0 Å². The molecule has 2 aromatic rings. The number of hydrogen-bond donors (Lipinski definition) is 0. The maximum Gasteiger partial charge on any atom is 0.325 e. The fourth-order valence-corrected chi connectivity index (χ4v) is 6.11. The number of aryl methyl sites for hydroxylation is 2. The molecule has 2 aliphatic heterocycles. The van der Waals surface area contributed by atoms with Crippen LogP contribution >= 0.6 is 0 Å². The number of halogens is 1. The average Bonchev–Trinajstić information content (AvgIpc) is 2.99. The minimum absolute atomic E-state index is 0.0590. The van der Waals surface area contributed by atoms with Crippen molar-refractivity contribution in [3.05, 3.63) is 65.0 Å². The van der Waals surface area contributed by atoms with Crippen molar-refractivity contribution in [2.45, 2.75) is 32.5 Å². The zero-order valence-electron chi connectivity index (χ0n) is 15.2. The number of rotatable bonds is 3. The number of fused-ring (bicyclic) bond motifs is 1. The summed E-state index contributed by atoms with van der Waals surface area (Å²) in [7, 11) is -3.25. The van der Waals surface area contributed by atoms with Gasteiger partial charge in [-0.1, -0.05) is 24.3 Å². The number of carbonyl (C=O) groups is 1. The molecule has 0 bridgehead atoms. The van der Waals surface area contributed by atoms with E-state index in [4.69, 9.17) is 0 Å². The van der Waals surface area contributed by atoms with Crippen molar-refractivity contribution in [3.8, 4) is 0 Å². The van der Waals surface area contributed by atoms with Crippen LogP contribution in [0, 0.1) is 19.7 Å². The number of anilines is 1. The van der Waals surface area contributed by atoms with Crippen molar-refractivity contribution < 1.29 is 17.6 Å². The van der Waals surface area contributed by atoms with Crippen molar-refractivity contribution in [2.24, 2.45) is 0 Å². The van der Waals surface area contributed by atoms with Gasteiger partial charge in [-0.25, -0.2) is 17.6 Å². The maximum absolute atomic E-state index is 14.1. The second-order valence-corrected chi connectivity index (χ2v) is 9.58. The van der Waals surface area contributed by atoms with Gasteiger partial charge in [0.05, 0.1) is 30.1 Å². The Balaban J connectivity index is 1.75. The summed E-state index contributed by atoms with van der Waals surface area (Å²) in [5.74, 6) is -0.545. The molecular formula is C20H21FN2O3S. The third-order valence-corrected chi connectivity index (χ3v) is 6.96. The van der Waals surface area contributed by atoms with Crippen molar-refractivity contribution in [2.75, 3.05) is 16.4 Å². The van der Waals surface area contributed by atoms with Crippen LogP contribution < -0.4 is 4.90 Å². The molecule has 0 aliphatic carbocycles. The number of benzene rings is 2. The standard InChI is InChI=1S/C20H21FN2O3S/c1-13-7-14(2)9-16(8-13)23-19-12-27(25,26)11-18(19)22(20(23)24)10-15-5-3-4-6-17(15)21/h3-9,18-19H,10-12H2,1-2H3/t18-,19-/m1/s1. The molecule has 5 nitrogen and oxygen atoms in total.